The number of amides is 3. The largest absolute Gasteiger partial charge is 0.451 e. The fraction of sp³-hybridized carbons (Fsp3) is 0.600. The summed E-state index contributed by atoms with van der Waals surface area (Å²) in [6.45, 7) is 1.42. The molecular formula is C30H39F6N7O5S. The standard InChI is InChI=1S/C30H39F6N7O5S/c31-29(32,33)22-7-5-21(6-8-22)9-13-37-26(44)23-4-2-15-43(23)25-19-24(40-27(41-25)30(34,35)36)42-16-10-20(11-17-42)3-1-12-38-28(45)39-14-18-49(46,47)48/h5-8,19-20,23H,1-4,9-18H2,(H,37,44)(H2,38,39,45)(H,46,47,48)/t23-/m0/s1. The number of hydrogen-bond donors (Lipinski definition) is 4. The molecule has 12 nitrogen and oxygen atoms in total. The Morgan fingerprint density at radius 2 is 1.51 bits per heavy atom. The van der Waals surface area contributed by atoms with Crippen molar-refractivity contribution < 1.29 is 48.9 Å². The number of anilines is 2. The van der Waals surface area contributed by atoms with Crippen LogP contribution in [0.2, 0.25) is 0 Å². The van der Waals surface area contributed by atoms with Gasteiger partial charge < -0.3 is 25.8 Å². The highest BCUT2D eigenvalue weighted by atomic mass is 32.2. The zero-order valence-corrected chi connectivity index (χ0v) is 27.3. The highest BCUT2D eigenvalue weighted by molar-refractivity contribution is 7.85. The van der Waals surface area contributed by atoms with Crippen molar-refractivity contribution in [1.82, 2.24) is 25.9 Å². The van der Waals surface area contributed by atoms with Crippen molar-refractivity contribution in [3.63, 3.8) is 0 Å². The second-order valence-corrected chi connectivity index (χ2v) is 13.6. The lowest BCUT2D eigenvalue weighted by Crippen LogP contribution is -2.44. The van der Waals surface area contributed by atoms with Gasteiger partial charge in [0.1, 0.15) is 17.7 Å². The molecule has 4 N–H and O–H groups in total. The van der Waals surface area contributed by atoms with Crippen molar-refractivity contribution in [2.45, 2.75) is 63.3 Å². The summed E-state index contributed by atoms with van der Waals surface area (Å²) in [4.78, 5) is 35.7. The van der Waals surface area contributed by atoms with Gasteiger partial charge in [-0.15, -0.1) is 0 Å². The number of aromatic nitrogens is 2. The number of piperidine rings is 1. The molecule has 0 radical (unpaired) electrons. The number of nitrogens with zero attached hydrogens (tertiary/aromatic N) is 4. The van der Waals surface area contributed by atoms with Crippen LogP contribution in [0, 0.1) is 5.92 Å². The average molecular weight is 724 g/mol. The van der Waals surface area contributed by atoms with E-state index in [2.05, 4.69) is 25.9 Å². The minimum Gasteiger partial charge on any atom is -0.356 e. The second kappa shape index (κ2) is 16.2. The van der Waals surface area contributed by atoms with Crippen molar-refractivity contribution in [2.24, 2.45) is 5.92 Å². The summed E-state index contributed by atoms with van der Waals surface area (Å²) in [5.41, 5.74) is -0.188. The van der Waals surface area contributed by atoms with Gasteiger partial charge >= 0.3 is 18.4 Å². The molecule has 2 aliphatic heterocycles. The minimum absolute atomic E-state index is 0.0132. The molecule has 2 aliphatic rings. The molecule has 0 aliphatic carbocycles. The fourth-order valence-corrected chi connectivity index (χ4v) is 6.24. The van der Waals surface area contributed by atoms with Gasteiger partial charge in [-0.25, -0.2) is 14.8 Å². The predicted molar refractivity (Wildman–Crippen MR) is 168 cm³/mol. The van der Waals surface area contributed by atoms with Gasteiger partial charge in [-0.3, -0.25) is 9.35 Å². The van der Waals surface area contributed by atoms with Crippen LogP contribution in [0.3, 0.4) is 0 Å². The van der Waals surface area contributed by atoms with Crippen molar-refractivity contribution in [2.75, 3.05) is 54.8 Å². The SMILES string of the molecule is O=C(NCCCC1CCN(c2cc(N3CCC[C@H]3C(=O)NCCc3ccc(C(F)(F)F)cc3)nc(C(F)(F)F)n2)CC1)NCCS(=O)(=O)O. The molecule has 3 heterocycles. The van der Waals surface area contributed by atoms with Crippen molar-refractivity contribution >= 4 is 33.7 Å². The van der Waals surface area contributed by atoms with Gasteiger partial charge in [0, 0.05) is 45.3 Å². The summed E-state index contributed by atoms with van der Waals surface area (Å²) in [6, 6.07) is 4.73. The summed E-state index contributed by atoms with van der Waals surface area (Å²) < 4.78 is 110. The Bertz CT molecular complexity index is 1540. The average Bonchev–Trinajstić information content (AvgIpc) is 3.52. The highest BCUT2D eigenvalue weighted by Gasteiger charge is 2.39. The van der Waals surface area contributed by atoms with Gasteiger partial charge in [0.05, 0.1) is 11.3 Å². The molecule has 1 aromatic carbocycles. The first-order chi connectivity index (χ1) is 23.0. The van der Waals surface area contributed by atoms with E-state index in [-0.39, 0.29) is 37.1 Å². The molecule has 0 saturated carbocycles. The Hall–Kier alpha value is -3.87. The zero-order chi connectivity index (χ0) is 35.8. The van der Waals surface area contributed by atoms with Gasteiger partial charge in [-0.2, -0.15) is 34.8 Å². The Labute approximate surface area is 279 Å². The number of carbonyl (C=O) groups is 2. The quantitative estimate of drug-likeness (QED) is 0.136. The predicted octanol–water partition coefficient (Wildman–Crippen LogP) is 4.03. The van der Waals surface area contributed by atoms with Crippen molar-refractivity contribution in [3.8, 4) is 0 Å². The summed E-state index contributed by atoms with van der Waals surface area (Å²) in [6.07, 6.45) is -5.33. The van der Waals surface area contributed by atoms with Crippen LogP contribution in [-0.4, -0.2) is 85.9 Å². The molecule has 49 heavy (non-hydrogen) atoms. The van der Waals surface area contributed by atoms with E-state index in [0.717, 1.165) is 18.6 Å². The Morgan fingerprint density at radius 3 is 2.14 bits per heavy atom. The van der Waals surface area contributed by atoms with Gasteiger partial charge in [-0.05, 0) is 68.6 Å². The topological polar surface area (TPSA) is 157 Å². The van der Waals surface area contributed by atoms with E-state index in [1.54, 1.807) is 4.90 Å². The molecule has 1 aromatic heterocycles. The van der Waals surface area contributed by atoms with Gasteiger partial charge in [0.15, 0.2) is 0 Å². The maximum Gasteiger partial charge on any atom is 0.451 e. The lowest BCUT2D eigenvalue weighted by Gasteiger charge is -2.34. The number of benzene rings is 1. The van der Waals surface area contributed by atoms with Crippen LogP contribution in [0.25, 0.3) is 0 Å². The number of nitrogens with one attached hydrogen (secondary N) is 3. The lowest BCUT2D eigenvalue weighted by atomic mass is 9.92. The Kier molecular flexibility index (Phi) is 12.6. The zero-order valence-electron chi connectivity index (χ0n) is 26.5. The fourth-order valence-electron chi connectivity index (χ4n) is 5.88. The third-order valence-electron chi connectivity index (χ3n) is 8.46. The number of halogens is 6. The molecule has 4 rings (SSSR count). The molecule has 3 amide bonds. The molecule has 19 heteroatoms. The smallest absolute Gasteiger partial charge is 0.356 e. The molecule has 1 atom stereocenters. The lowest BCUT2D eigenvalue weighted by molar-refractivity contribution is -0.144. The number of rotatable bonds is 13. The van der Waals surface area contributed by atoms with Gasteiger partial charge in [0.25, 0.3) is 10.1 Å². The Balaban J connectivity index is 1.30. The summed E-state index contributed by atoms with van der Waals surface area (Å²) in [7, 11) is -4.17. The number of carbonyl (C=O) groups excluding carboxylic acids is 2. The van der Waals surface area contributed by atoms with Crippen LogP contribution in [0.5, 0.6) is 0 Å². The van der Waals surface area contributed by atoms with E-state index in [1.165, 1.54) is 23.1 Å². The van der Waals surface area contributed by atoms with E-state index in [0.29, 0.717) is 63.8 Å². The molecular weight excluding hydrogens is 684 g/mol. The number of hydrogen-bond acceptors (Lipinski definition) is 8. The monoisotopic (exact) mass is 723 g/mol. The first-order valence-electron chi connectivity index (χ1n) is 15.9. The Morgan fingerprint density at radius 1 is 0.857 bits per heavy atom. The first kappa shape index (κ1) is 37.9. The van der Waals surface area contributed by atoms with Crippen LogP contribution in [0.15, 0.2) is 30.3 Å². The number of urea groups is 1. The van der Waals surface area contributed by atoms with Crippen molar-refractivity contribution in [1.29, 1.82) is 0 Å². The highest BCUT2D eigenvalue weighted by Crippen LogP contribution is 2.34. The van der Waals surface area contributed by atoms with Gasteiger partial charge in [0.2, 0.25) is 11.7 Å². The third-order valence-corrected chi connectivity index (χ3v) is 9.18. The molecule has 0 unspecified atom stereocenters. The summed E-state index contributed by atoms with van der Waals surface area (Å²) >= 11 is 0. The molecule has 272 valence electrons. The molecule has 0 bridgehead atoms. The first-order valence-corrected chi connectivity index (χ1v) is 17.5. The van der Waals surface area contributed by atoms with Crippen LogP contribution in [0.1, 0.15) is 55.5 Å². The second-order valence-electron chi connectivity index (χ2n) is 12.0. The van der Waals surface area contributed by atoms with E-state index in [1.807, 2.05) is 0 Å². The maximum atomic E-state index is 13.9. The summed E-state index contributed by atoms with van der Waals surface area (Å²) in [5, 5.41) is 7.68. The summed E-state index contributed by atoms with van der Waals surface area (Å²) in [5.74, 6) is -1.96. The van der Waals surface area contributed by atoms with E-state index >= 15 is 0 Å². The minimum atomic E-state index is -4.83. The third kappa shape index (κ3) is 11.6. The maximum absolute atomic E-state index is 13.9. The normalized spacial score (nSPS) is 17.7. The van der Waals surface area contributed by atoms with Crippen molar-refractivity contribution in [3.05, 3.63) is 47.3 Å². The molecule has 2 aromatic rings. The molecule has 2 fully saturated rings. The van der Waals surface area contributed by atoms with Crippen LogP contribution >= 0.6 is 0 Å². The van der Waals surface area contributed by atoms with E-state index < -0.39 is 57.6 Å². The number of alkyl halides is 6. The van der Waals surface area contributed by atoms with E-state index in [4.69, 9.17) is 4.55 Å². The van der Waals surface area contributed by atoms with E-state index in [9.17, 15) is 44.3 Å². The van der Waals surface area contributed by atoms with Gasteiger partial charge in [-0.1, -0.05) is 12.1 Å². The van der Waals surface area contributed by atoms with Crippen LogP contribution in [-0.2, 0) is 33.7 Å². The van der Waals surface area contributed by atoms with Crippen LogP contribution in [0.4, 0.5) is 42.8 Å². The van der Waals surface area contributed by atoms with Crippen LogP contribution < -0.4 is 25.8 Å². The molecule has 2 saturated heterocycles. The molecule has 0 spiro atoms.